The summed E-state index contributed by atoms with van der Waals surface area (Å²) in [5.41, 5.74) is 0.272. The van der Waals surface area contributed by atoms with E-state index >= 15 is 0 Å². The molecule has 546 valence electrons. The third kappa shape index (κ3) is 33.5. The Kier molecular flexibility index (Phi) is 44.2. The fraction of sp³-hybridized carbons (Fsp3) is 0.795. The second kappa shape index (κ2) is 50.6. The lowest BCUT2D eigenvalue weighted by atomic mass is 9.46. The number of aliphatic hydroxyl groups is 1. The number of Topliss-reactive ketones (excluding diaryl/α,β-unsaturated/α-hetero) is 1. The number of hydrogen-bond acceptors (Lipinski definition) is 13. The van der Waals surface area contributed by atoms with E-state index in [1.165, 1.54) is 89.9 Å². The van der Waals surface area contributed by atoms with Gasteiger partial charge in [0, 0.05) is 42.9 Å². The third-order valence-electron chi connectivity index (χ3n) is 21.5. The van der Waals surface area contributed by atoms with Gasteiger partial charge in [0.15, 0.2) is 17.7 Å². The minimum atomic E-state index is -0.862. The molecule has 3 saturated carbocycles. The van der Waals surface area contributed by atoms with E-state index in [0.29, 0.717) is 32.1 Å². The molecule has 13 nitrogen and oxygen atoms in total. The fourth-order valence-electron chi connectivity index (χ4n) is 16.1. The predicted molar refractivity (Wildman–Crippen MR) is 387 cm³/mol. The molecule has 9 atom stereocenters. The maximum atomic E-state index is 14.0. The molecule has 96 heavy (non-hydrogen) atoms. The molecule has 3 fully saturated rings. The SMILES string of the molecule is CCCCCCCC/C=C\CCCCCCCC(=O)OCC(COC(=O)CCCCCCC/C=C\CCCCCCCC)OC(=O)CCCCCCC/C=C\C[C@@H](CCCCCC)OC(=O)CCC(=O)OCC(=O)[C@H]1[C@H](C)CC2[C@@H]3CCC4=CC(=O)C=C[C@]4(C)C3[C@@H](O)C[C@@]21C. The molecule has 0 bridgehead atoms. The number of ether oxygens (including phenoxy) is 5. The van der Waals surface area contributed by atoms with Crippen LogP contribution >= 0.6 is 0 Å². The molecule has 4 aliphatic rings. The van der Waals surface area contributed by atoms with E-state index in [9.17, 15) is 38.7 Å². The van der Waals surface area contributed by atoms with Crippen LogP contribution in [0.3, 0.4) is 0 Å². The summed E-state index contributed by atoms with van der Waals surface area (Å²) in [5, 5.41) is 11.8. The van der Waals surface area contributed by atoms with E-state index in [2.05, 4.69) is 78.0 Å². The van der Waals surface area contributed by atoms with Crippen LogP contribution in [0.15, 0.2) is 60.3 Å². The van der Waals surface area contributed by atoms with E-state index in [0.717, 1.165) is 166 Å². The Morgan fingerprint density at radius 2 is 0.938 bits per heavy atom. The van der Waals surface area contributed by atoms with Crippen LogP contribution in [0.4, 0.5) is 0 Å². The van der Waals surface area contributed by atoms with Gasteiger partial charge in [-0.25, -0.2) is 0 Å². The average Bonchev–Trinajstić information content (AvgIpc) is 1.46. The van der Waals surface area contributed by atoms with Crippen molar-refractivity contribution in [3.63, 3.8) is 0 Å². The van der Waals surface area contributed by atoms with Crippen LogP contribution in [0, 0.1) is 40.4 Å². The summed E-state index contributed by atoms with van der Waals surface area (Å²) >= 11 is 0. The molecule has 4 aliphatic carbocycles. The van der Waals surface area contributed by atoms with E-state index < -0.39 is 35.5 Å². The maximum Gasteiger partial charge on any atom is 0.306 e. The van der Waals surface area contributed by atoms with Crippen LogP contribution in [0.25, 0.3) is 0 Å². The van der Waals surface area contributed by atoms with Gasteiger partial charge in [-0.2, -0.15) is 0 Å². The van der Waals surface area contributed by atoms with Gasteiger partial charge >= 0.3 is 29.8 Å². The largest absolute Gasteiger partial charge is 0.462 e. The molecule has 0 amide bonds. The summed E-state index contributed by atoms with van der Waals surface area (Å²) in [6, 6.07) is 0. The Labute approximate surface area is 583 Å². The molecule has 4 rings (SSSR count). The number of carbonyl (C=O) groups excluding carboxylic acids is 7. The van der Waals surface area contributed by atoms with Crippen molar-refractivity contribution in [1.82, 2.24) is 0 Å². The van der Waals surface area contributed by atoms with Gasteiger partial charge < -0.3 is 28.8 Å². The van der Waals surface area contributed by atoms with Crippen LogP contribution < -0.4 is 0 Å². The standard InChI is InChI=1S/C83H136O13/c1-7-10-13-16-18-20-22-24-26-28-30-32-37-41-46-51-75(87)92-63-70(64-93-76(88)52-47-42-38-33-31-29-27-25-23-21-19-17-14-11-8-2)96-78(90)53-48-43-39-35-34-36-40-45-50-69(49-44-15-12-9-3)95-79(91)57-56-77(89)94-65-74(86)80-66(4)60-72-71-55-54-67-61-68(84)58-59-82(67,5)81(71)73(85)62-83(72,80)6/h24-27,40,45,58-59,61,66,69-73,80-81,85H,7-23,28-39,41-44,46-57,60,62-65H2,1-6H3/b26-24-,27-25-,45-40-/t66-,69-,71+,72?,73+,80-,81?,82+,83+/m1/s1. The predicted octanol–water partition coefficient (Wildman–Crippen LogP) is 20.7. The van der Waals surface area contributed by atoms with E-state index in [4.69, 9.17) is 23.7 Å². The number of rotatable bonds is 57. The minimum absolute atomic E-state index is 0.00256. The molecule has 0 saturated heterocycles. The quantitative estimate of drug-likeness (QED) is 0.0263. The Hall–Kier alpha value is -4.65. The maximum absolute atomic E-state index is 14.0. The van der Waals surface area contributed by atoms with Gasteiger partial charge in [-0.1, -0.05) is 231 Å². The Morgan fingerprint density at radius 1 is 0.521 bits per heavy atom. The molecule has 13 heteroatoms. The van der Waals surface area contributed by atoms with Crippen LogP contribution in [-0.4, -0.2) is 84.7 Å². The van der Waals surface area contributed by atoms with Crippen LogP contribution in [0.1, 0.15) is 343 Å². The van der Waals surface area contributed by atoms with Gasteiger partial charge in [0.25, 0.3) is 0 Å². The van der Waals surface area contributed by atoms with Gasteiger partial charge in [-0.15, -0.1) is 0 Å². The van der Waals surface area contributed by atoms with Gasteiger partial charge in [0.05, 0.1) is 18.9 Å². The van der Waals surface area contributed by atoms with Crippen molar-refractivity contribution in [2.45, 2.75) is 362 Å². The molecular weight excluding hydrogens is 1200 g/mol. The molecule has 0 aromatic rings. The highest BCUT2D eigenvalue weighted by molar-refractivity contribution is 6.01. The lowest BCUT2D eigenvalue weighted by molar-refractivity contribution is -0.167. The van der Waals surface area contributed by atoms with E-state index in [1.54, 1.807) is 12.2 Å². The molecule has 0 aromatic carbocycles. The number of carbonyl (C=O) groups is 7. The first kappa shape index (κ1) is 83.8. The topological polar surface area (TPSA) is 186 Å². The molecule has 0 radical (unpaired) electrons. The highest BCUT2D eigenvalue weighted by Gasteiger charge is 2.64. The summed E-state index contributed by atoms with van der Waals surface area (Å²) in [6.07, 6.45) is 62.0. The summed E-state index contributed by atoms with van der Waals surface area (Å²) in [5.74, 6) is -2.14. The molecule has 2 unspecified atom stereocenters. The van der Waals surface area contributed by atoms with E-state index in [-0.39, 0.29) is 104 Å². The molecule has 1 N–H and O–H groups in total. The highest BCUT2D eigenvalue weighted by atomic mass is 16.6. The van der Waals surface area contributed by atoms with Crippen molar-refractivity contribution in [3.8, 4) is 0 Å². The second-order valence-electron chi connectivity index (χ2n) is 29.7. The second-order valence-corrected chi connectivity index (χ2v) is 29.7. The van der Waals surface area contributed by atoms with Crippen molar-refractivity contribution in [1.29, 1.82) is 0 Å². The lowest BCUT2D eigenvalue weighted by Crippen LogP contribution is -2.56. The van der Waals surface area contributed by atoms with Gasteiger partial charge in [0.1, 0.15) is 25.9 Å². The van der Waals surface area contributed by atoms with E-state index in [1.807, 2.05) is 6.08 Å². The number of aliphatic hydroxyl groups excluding tert-OH is 1. The normalized spacial score (nSPS) is 22.5. The van der Waals surface area contributed by atoms with Gasteiger partial charge in [0.2, 0.25) is 0 Å². The van der Waals surface area contributed by atoms with Crippen LogP contribution in [0.2, 0.25) is 0 Å². The van der Waals surface area contributed by atoms with Crippen molar-refractivity contribution >= 4 is 41.4 Å². The zero-order valence-corrected chi connectivity index (χ0v) is 61.5. The van der Waals surface area contributed by atoms with Crippen molar-refractivity contribution in [2.75, 3.05) is 19.8 Å². The summed E-state index contributed by atoms with van der Waals surface area (Å²) in [6.45, 7) is 12.4. The monoisotopic (exact) mass is 1340 g/mol. The first-order chi connectivity index (χ1) is 46.6. The smallest absolute Gasteiger partial charge is 0.306 e. The summed E-state index contributed by atoms with van der Waals surface area (Å²) in [7, 11) is 0. The molecule has 0 aliphatic heterocycles. The van der Waals surface area contributed by atoms with Crippen molar-refractivity contribution in [3.05, 3.63) is 60.3 Å². The highest BCUT2D eigenvalue weighted by Crippen LogP contribution is 2.67. The summed E-state index contributed by atoms with van der Waals surface area (Å²) in [4.78, 5) is 91.2. The van der Waals surface area contributed by atoms with Crippen molar-refractivity contribution < 1.29 is 62.4 Å². The van der Waals surface area contributed by atoms with Gasteiger partial charge in [-0.05, 0) is 157 Å². The molecule has 0 aromatic heterocycles. The number of esters is 5. The lowest BCUT2D eigenvalue weighted by Gasteiger charge is -2.58. The Balaban J connectivity index is 1.11. The average molecular weight is 1340 g/mol. The fourth-order valence-corrected chi connectivity index (χ4v) is 16.1. The number of hydrogen-bond donors (Lipinski definition) is 1. The first-order valence-corrected chi connectivity index (χ1v) is 39.5. The van der Waals surface area contributed by atoms with Crippen LogP contribution in [-0.2, 0) is 57.2 Å². The van der Waals surface area contributed by atoms with Crippen LogP contribution in [0.5, 0.6) is 0 Å². The van der Waals surface area contributed by atoms with Gasteiger partial charge in [-0.3, -0.25) is 33.6 Å². The Morgan fingerprint density at radius 3 is 1.45 bits per heavy atom. The number of fused-ring (bicyclic) bond motifs is 5. The molecular formula is C83H136O13. The Bertz CT molecular complexity index is 2310. The number of allylic oxidation sites excluding steroid dienone is 9. The zero-order chi connectivity index (χ0) is 69.5. The summed E-state index contributed by atoms with van der Waals surface area (Å²) < 4.78 is 28.5. The third-order valence-corrected chi connectivity index (χ3v) is 21.5. The van der Waals surface area contributed by atoms with Crippen molar-refractivity contribution in [2.24, 2.45) is 40.4 Å². The zero-order valence-electron chi connectivity index (χ0n) is 61.5. The minimum Gasteiger partial charge on any atom is -0.462 e. The molecule has 0 spiro atoms. The molecule has 0 heterocycles. The first-order valence-electron chi connectivity index (χ1n) is 39.5. The number of unbranched alkanes of at least 4 members (excludes halogenated alkanes) is 30. The number of ketones is 2.